The lowest BCUT2D eigenvalue weighted by molar-refractivity contribution is 0.116. The van der Waals surface area contributed by atoms with Crippen molar-refractivity contribution < 1.29 is 4.74 Å². The molecule has 0 saturated carbocycles. The van der Waals surface area contributed by atoms with Gasteiger partial charge in [0.05, 0.1) is 5.69 Å². The number of benzene rings is 1. The fourth-order valence-electron chi connectivity index (χ4n) is 3.25. The Morgan fingerprint density at radius 3 is 2.67 bits per heavy atom. The summed E-state index contributed by atoms with van der Waals surface area (Å²) in [5.41, 5.74) is 2.47. The van der Waals surface area contributed by atoms with Crippen LogP contribution < -0.4 is 10.1 Å². The first-order chi connectivity index (χ1) is 10.2. The van der Waals surface area contributed by atoms with Crippen LogP contribution in [0.3, 0.4) is 0 Å². The quantitative estimate of drug-likeness (QED) is 0.920. The van der Waals surface area contributed by atoms with Gasteiger partial charge in [-0.2, -0.15) is 0 Å². The molecule has 1 fully saturated rings. The van der Waals surface area contributed by atoms with Gasteiger partial charge in [0.2, 0.25) is 0 Å². The summed E-state index contributed by atoms with van der Waals surface area (Å²) >= 11 is 0. The molecule has 0 amide bonds. The predicted octanol–water partition coefficient (Wildman–Crippen LogP) is 2.26. The number of nitrogens with zero attached hydrogens (tertiary/aromatic N) is 2. The molecular weight excluding hydrogens is 262 g/mol. The van der Waals surface area contributed by atoms with Gasteiger partial charge in [-0.15, -0.1) is 0 Å². The molecular formula is C17H27N3O. The molecule has 0 atom stereocenters. The maximum atomic E-state index is 5.87. The second-order valence-electron chi connectivity index (χ2n) is 6.54. The van der Waals surface area contributed by atoms with Crippen molar-refractivity contribution in [3.63, 3.8) is 0 Å². The van der Waals surface area contributed by atoms with Crippen LogP contribution in [0.25, 0.3) is 0 Å². The topological polar surface area (TPSA) is 27.7 Å². The molecule has 1 aromatic carbocycles. The van der Waals surface area contributed by atoms with Crippen molar-refractivity contribution in [3.05, 3.63) is 23.8 Å². The molecule has 21 heavy (non-hydrogen) atoms. The van der Waals surface area contributed by atoms with E-state index in [9.17, 15) is 0 Å². The van der Waals surface area contributed by atoms with E-state index in [1.54, 1.807) is 0 Å². The second-order valence-corrected chi connectivity index (χ2v) is 6.54. The molecule has 116 valence electrons. The smallest absolute Gasteiger partial charge is 0.146 e. The van der Waals surface area contributed by atoms with E-state index in [0.717, 1.165) is 50.1 Å². The van der Waals surface area contributed by atoms with Gasteiger partial charge in [-0.25, -0.2) is 0 Å². The zero-order chi connectivity index (χ0) is 14.7. The summed E-state index contributed by atoms with van der Waals surface area (Å²) < 4.78 is 5.87. The molecule has 4 heteroatoms. The van der Waals surface area contributed by atoms with E-state index in [4.69, 9.17) is 4.74 Å². The highest BCUT2D eigenvalue weighted by molar-refractivity contribution is 5.61. The first kappa shape index (κ1) is 14.7. The number of piperazine rings is 1. The summed E-state index contributed by atoms with van der Waals surface area (Å²) in [5, 5.41) is 3.42. The van der Waals surface area contributed by atoms with Crippen molar-refractivity contribution in [2.24, 2.45) is 5.92 Å². The van der Waals surface area contributed by atoms with E-state index < -0.39 is 0 Å². The third-order valence-electron chi connectivity index (χ3n) is 4.24. The number of rotatable bonds is 4. The molecule has 0 spiro atoms. The summed E-state index contributed by atoms with van der Waals surface area (Å²) in [7, 11) is 0. The summed E-state index contributed by atoms with van der Waals surface area (Å²) in [6.45, 7) is 13.2. The first-order valence-electron chi connectivity index (χ1n) is 8.15. The van der Waals surface area contributed by atoms with Gasteiger partial charge in [-0.05, 0) is 12.0 Å². The van der Waals surface area contributed by atoms with Crippen LogP contribution in [0, 0.1) is 5.92 Å². The Morgan fingerprint density at radius 2 is 1.90 bits per heavy atom. The molecule has 1 saturated heterocycles. The van der Waals surface area contributed by atoms with Gasteiger partial charge in [0.15, 0.2) is 0 Å². The molecule has 2 aliphatic heterocycles. The van der Waals surface area contributed by atoms with Crippen molar-refractivity contribution in [3.8, 4) is 5.75 Å². The lowest BCUT2D eigenvalue weighted by Gasteiger charge is -2.36. The van der Waals surface area contributed by atoms with Crippen molar-refractivity contribution in [1.82, 2.24) is 9.80 Å². The van der Waals surface area contributed by atoms with Crippen LogP contribution in [0.1, 0.15) is 19.4 Å². The van der Waals surface area contributed by atoms with Gasteiger partial charge in [-0.3, -0.25) is 4.90 Å². The van der Waals surface area contributed by atoms with Gasteiger partial charge in [0, 0.05) is 51.4 Å². The zero-order valence-corrected chi connectivity index (χ0v) is 13.3. The number of hydrogen-bond donors (Lipinski definition) is 1. The Bertz CT molecular complexity index is 467. The van der Waals surface area contributed by atoms with Crippen LogP contribution in [0.4, 0.5) is 5.69 Å². The molecule has 2 aliphatic rings. The lowest BCUT2D eigenvalue weighted by atomic mass is 10.1. The number of ether oxygens (including phenoxy) is 1. The van der Waals surface area contributed by atoms with Crippen LogP contribution in [-0.4, -0.2) is 55.7 Å². The van der Waals surface area contributed by atoms with Crippen molar-refractivity contribution >= 4 is 5.69 Å². The van der Waals surface area contributed by atoms with Crippen molar-refractivity contribution in [1.29, 1.82) is 0 Å². The van der Waals surface area contributed by atoms with Gasteiger partial charge < -0.3 is 15.0 Å². The molecule has 0 radical (unpaired) electrons. The number of anilines is 1. The van der Waals surface area contributed by atoms with Crippen LogP contribution in [0.15, 0.2) is 18.2 Å². The van der Waals surface area contributed by atoms with E-state index in [0.29, 0.717) is 0 Å². The van der Waals surface area contributed by atoms with Crippen molar-refractivity contribution in [2.75, 3.05) is 51.2 Å². The Balaban J connectivity index is 1.58. The molecule has 2 heterocycles. The standard InChI is InChI=1S/C17H27N3O/c1-14(2)12-19-7-9-20(10-8-19)13-15-4-3-5-16-17(15)21-11-6-18-16/h3-5,14,18H,6-13H2,1-2H3. The molecule has 0 unspecified atom stereocenters. The van der Waals surface area contributed by atoms with E-state index in [2.05, 4.69) is 47.2 Å². The second kappa shape index (κ2) is 6.67. The molecule has 4 nitrogen and oxygen atoms in total. The number of hydrogen-bond acceptors (Lipinski definition) is 4. The molecule has 1 aromatic rings. The largest absolute Gasteiger partial charge is 0.489 e. The third-order valence-corrected chi connectivity index (χ3v) is 4.24. The highest BCUT2D eigenvalue weighted by Crippen LogP contribution is 2.32. The fourth-order valence-corrected chi connectivity index (χ4v) is 3.25. The zero-order valence-electron chi connectivity index (χ0n) is 13.3. The Hall–Kier alpha value is -1.26. The van der Waals surface area contributed by atoms with Gasteiger partial charge in [0.1, 0.15) is 12.4 Å². The van der Waals surface area contributed by atoms with Crippen LogP contribution in [-0.2, 0) is 6.54 Å². The Morgan fingerprint density at radius 1 is 1.14 bits per heavy atom. The molecule has 0 aromatic heterocycles. The molecule has 0 bridgehead atoms. The summed E-state index contributed by atoms with van der Waals surface area (Å²) in [5.74, 6) is 1.82. The number of fused-ring (bicyclic) bond motifs is 1. The summed E-state index contributed by atoms with van der Waals surface area (Å²) in [4.78, 5) is 5.13. The Labute approximate surface area is 128 Å². The summed E-state index contributed by atoms with van der Waals surface area (Å²) in [6, 6.07) is 6.44. The normalized spacial score (nSPS) is 20.0. The number of para-hydroxylation sites is 1. The van der Waals surface area contributed by atoms with Crippen LogP contribution in [0.2, 0.25) is 0 Å². The molecule has 3 rings (SSSR count). The minimum atomic E-state index is 0.761. The lowest BCUT2D eigenvalue weighted by Crippen LogP contribution is -2.46. The minimum Gasteiger partial charge on any atom is -0.489 e. The highest BCUT2D eigenvalue weighted by Gasteiger charge is 2.20. The average molecular weight is 289 g/mol. The number of nitrogens with one attached hydrogen (secondary N) is 1. The highest BCUT2D eigenvalue weighted by atomic mass is 16.5. The summed E-state index contributed by atoms with van der Waals surface area (Å²) in [6.07, 6.45) is 0. The van der Waals surface area contributed by atoms with E-state index >= 15 is 0 Å². The van der Waals surface area contributed by atoms with Gasteiger partial charge in [-0.1, -0.05) is 26.0 Å². The van der Waals surface area contributed by atoms with Gasteiger partial charge >= 0.3 is 0 Å². The van der Waals surface area contributed by atoms with Crippen LogP contribution >= 0.6 is 0 Å². The van der Waals surface area contributed by atoms with E-state index in [1.165, 1.54) is 25.2 Å². The predicted molar refractivity (Wildman–Crippen MR) is 87.0 cm³/mol. The maximum absolute atomic E-state index is 5.87. The average Bonchev–Trinajstić information content (AvgIpc) is 2.49. The van der Waals surface area contributed by atoms with Crippen LogP contribution in [0.5, 0.6) is 5.75 Å². The fraction of sp³-hybridized carbons (Fsp3) is 0.647. The van der Waals surface area contributed by atoms with Crippen molar-refractivity contribution in [2.45, 2.75) is 20.4 Å². The molecule has 0 aliphatic carbocycles. The molecule has 1 N–H and O–H groups in total. The van der Waals surface area contributed by atoms with E-state index in [1.807, 2.05) is 0 Å². The van der Waals surface area contributed by atoms with Gasteiger partial charge in [0.25, 0.3) is 0 Å². The first-order valence-corrected chi connectivity index (χ1v) is 8.15. The van der Waals surface area contributed by atoms with E-state index in [-0.39, 0.29) is 0 Å². The third kappa shape index (κ3) is 3.69. The minimum absolute atomic E-state index is 0.761. The SMILES string of the molecule is CC(C)CN1CCN(Cc2cccc3c2OCCN3)CC1. The Kier molecular flexibility index (Phi) is 4.66. The maximum Gasteiger partial charge on any atom is 0.146 e. The monoisotopic (exact) mass is 289 g/mol.